The van der Waals surface area contributed by atoms with Crippen LogP contribution in [0.15, 0.2) is 60.9 Å². The molecule has 0 saturated carbocycles. The van der Waals surface area contributed by atoms with Crippen molar-refractivity contribution >= 4 is 22.5 Å². The molecule has 3 rings (SSSR count). The van der Waals surface area contributed by atoms with Crippen LogP contribution in [0.1, 0.15) is 5.56 Å². The van der Waals surface area contributed by atoms with Crippen molar-refractivity contribution in [2.75, 3.05) is 5.32 Å². The van der Waals surface area contributed by atoms with Crippen molar-refractivity contribution in [2.24, 2.45) is 0 Å². The zero-order chi connectivity index (χ0) is 13.8. The molecule has 0 radical (unpaired) electrons. The minimum Gasteiger partial charge on any atom is -0.367 e. The van der Waals surface area contributed by atoms with Crippen molar-refractivity contribution in [2.45, 2.75) is 6.54 Å². The van der Waals surface area contributed by atoms with Crippen molar-refractivity contribution in [3.8, 4) is 0 Å². The van der Waals surface area contributed by atoms with Gasteiger partial charge in [0, 0.05) is 24.3 Å². The van der Waals surface area contributed by atoms with Crippen LogP contribution >= 0.6 is 0 Å². The Morgan fingerprint density at radius 2 is 1.90 bits per heavy atom. The molecule has 0 bridgehead atoms. The number of nitrogens with one attached hydrogen (secondary N) is 3. The lowest BCUT2D eigenvalue weighted by Crippen LogP contribution is -2.28. The van der Waals surface area contributed by atoms with Gasteiger partial charge in [-0.3, -0.25) is 0 Å². The van der Waals surface area contributed by atoms with Crippen LogP contribution in [-0.4, -0.2) is 11.0 Å². The molecule has 3 N–H and O–H groups in total. The van der Waals surface area contributed by atoms with Gasteiger partial charge in [0.05, 0.1) is 5.69 Å². The van der Waals surface area contributed by atoms with Crippen LogP contribution in [0, 0.1) is 0 Å². The fourth-order valence-corrected chi connectivity index (χ4v) is 2.15. The molecule has 0 saturated heterocycles. The summed E-state index contributed by atoms with van der Waals surface area (Å²) < 4.78 is 0. The molecule has 0 aliphatic rings. The third-order valence-electron chi connectivity index (χ3n) is 3.15. The molecule has 2 amide bonds. The van der Waals surface area contributed by atoms with E-state index in [2.05, 4.69) is 15.6 Å². The lowest BCUT2D eigenvalue weighted by atomic mass is 10.1. The quantitative estimate of drug-likeness (QED) is 0.667. The summed E-state index contributed by atoms with van der Waals surface area (Å²) in [6.45, 7) is 0.500. The van der Waals surface area contributed by atoms with Crippen molar-refractivity contribution in [1.82, 2.24) is 10.3 Å². The number of benzene rings is 2. The number of H-pyrrole nitrogens is 1. The summed E-state index contributed by atoms with van der Waals surface area (Å²) in [5, 5.41) is 7.86. The van der Waals surface area contributed by atoms with Gasteiger partial charge in [0.15, 0.2) is 0 Å². The van der Waals surface area contributed by atoms with Gasteiger partial charge in [-0.2, -0.15) is 0 Å². The Morgan fingerprint density at radius 3 is 2.75 bits per heavy atom. The standard InChI is InChI=1S/C16H15N3O/c20-16(18-11-12-8-9-17-10-12)19-15-7-3-5-13-4-1-2-6-14(13)15/h1-10,17H,11H2,(H2,18,19,20). The van der Waals surface area contributed by atoms with E-state index >= 15 is 0 Å². The predicted molar refractivity (Wildman–Crippen MR) is 80.6 cm³/mol. The molecular formula is C16H15N3O. The third-order valence-corrected chi connectivity index (χ3v) is 3.15. The van der Waals surface area contributed by atoms with Crippen LogP contribution in [0.2, 0.25) is 0 Å². The largest absolute Gasteiger partial charge is 0.367 e. The van der Waals surface area contributed by atoms with E-state index in [1.54, 1.807) is 0 Å². The van der Waals surface area contributed by atoms with Crippen LogP contribution < -0.4 is 10.6 Å². The van der Waals surface area contributed by atoms with Crippen molar-refractivity contribution in [3.63, 3.8) is 0 Å². The van der Waals surface area contributed by atoms with E-state index in [9.17, 15) is 4.79 Å². The maximum atomic E-state index is 11.9. The highest BCUT2D eigenvalue weighted by Crippen LogP contribution is 2.22. The maximum Gasteiger partial charge on any atom is 0.319 e. The van der Waals surface area contributed by atoms with Gasteiger partial charge in [-0.25, -0.2) is 4.79 Å². The molecule has 0 spiro atoms. The third kappa shape index (κ3) is 2.64. The molecule has 20 heavy (non-hydrogen) atoms. The zero-order valence-electron chi connectivity index (χ0n) is 10.9. The van der Waals surface area contributed by atoms with Crippen molar-refractivity contribution in [3.05, 3.63) is 66.5 Å². The van der Waals surface area contributed by atoms with E-state index in [1.807, 2.05) is 60.9 Å². The molecular weight excluding hydrogens is 250 g/mol. The number of anilines is 1. The summed E-state index contributed by atoms with van der Waals surface area (Å²) >= 11 is 0. The monoisotopic (exact) mass is 265 g/mol. The normalized spacial score (nSPS) is 10.4. The van der Waals surface area contributed by atoms with Gasteiger partial charge in [0.2, 0.25) is 0 Å². The summed E-state index contributed by atoms with van der Waals surface area (Å²) in [5.41, 5.74) is 1.85. The Hall–Kier alpha value is -2.75. The second-order valence-electron chi connectivity index (χ2n) is 4.55. The zero-order valence-corrected chi connectivity index (χ0v) is 10.9. The van der Waals surface area contributed by atoms with E-state index in [0.29, 0.717) is 6.54 Å². The number of urea groups is 1. The minimum absolute atomic E-state index is 0.206. The van der Waals surface area contributed by atoms with Crippen LogP contribution in [0.5, 0.6) is 0 Å². The molecule has 2 aromatic carbocycles. The summed E-state index contributed by atoms with van der Waals surface area (Å²) in [6.07, 6.45) is 3.69. The average molecular weight is 265 g/mol. The van der Waals surface area contributed by atoms with E-state index in [4.69, 9.17) is 0 Å². The summed E-state index contributed by atoms with van der Waals surface area (Å²) in [7, 11) is 0. The van der Waals surface area contributed by atoms with E-state index in [-0.39, 0.29) is 6.03 Å². The SMILES string of the molecule is O=C(NCc1cc[nH]c1)Nc1cccc2ccccc12. The second kappa shape index (κ2) is 5.48. The van der Waals surface area contributed by atoms with Gasteiger partial charge in [-0.05, 0) is 23.1 Å². The molecule has 4 nitrogen and oxygen atoms in total. The number of carbonyl (C=O) groups excluding carboxylic acids is 1. The first-order chi connectivity index (χ1) is 9.83. The molecule has 0 fully saturated rings. The molecule has 0 aliphatic carbocycles. The number of hydrogen-bond donors (Lipinski definition) is 3. The second-order valence-corrected chi connectivity index (χ2v) is 4.55. The smallest absolute Gasteiger partial charge is 0.319 e. The fourth-order valence-electron chi connectivity index (χ4n) is 2.15. The lowest BCUT2D eigenvalue weighted by molar-refractivity contribution is 0.252. The van der Waals surface area contributed by atoms with Crippen LogP contribution in [0.25, 0.3) is 10.8 Å². The van der Waals surface area contributed by atoms with Gasteiger partial charge in [-0.1, -0.05) is 36.4 Å². The highest BCUT2D eigenvalue weighted by molar-refractivity contribution is 6.01. The summed E-state index contributed by atoms with van der Waals surface area (Å²) in [5.74, 6) is 0. The van der Waals surface area contributed by atoms with E-state index in [0.717, 1.165) is 22.0 Å². The van der Waals surface area contributed by atoms with Crippen LogP contribution in [-0.2, 0) is 6.54 Å². The minimum atomic E-state index is -0.206. The molecule has 0 aliphatic heterocycles. The first-order valence-electron chi connectivity index (χ1n) is 6.47. The number of rotatable bonds is 3. The highest BCUT2D eigenvalue weighted by Gasteiger charge is 2.05. The topological polar surface area (TPSA) is 56.9 Å². The predicted octanol–water partition coefficient (Wildman–Crippen LogP) is 3.49. The fraction of sp³-hybridized carbons (Fsp3) is 0.0625. The molecule has 0 atom stereocenters. The van der Waals surface area contributed by atoms with Gasteiger partial charge < -0.3 is 15.6 Å². The van der Waals surface area contributed by atoms with Crippen molar-refractivity contribution in [1.29, 1.82) is 0 Å². The first kappa shape index (κ1) is 12.3. The highest BCUT2D eigenvalue weighted by atomic mass is 16.2. The number of hydrogen-bond acceptors (Lipinski definition) is 1. The van der Waals surface area contributed by atoms with E-state index in [1.165, 1.54) is 0 Å². The van der Waals surface area contributed by atoms with E-state index < -0.39 is 0 Å². The lowest BCUT2D eigenvalue weighted by Gasteiger charge is -2.09. The van der Waals surface area contributed by atoms with Gasteiger partial charge >= 0.3 is 6.03 Å². The molecule has 3 aromatic rings. The Kier molecular flexibility index (Phi) is 3.37. The molecule has 0 unspecified atom stereocenters. The molecule has 4 heteroatoms. The Labute approximate surface area is 116 Å². The molecule has 1 aromatic heterocycles. The van der Waals surface area contributed by atoms with Gasteiger partial charge in [-0.15, -0.1) is 0 Å². The average Bonchev–Trinajstić information content (AvgIpc) is 2.99. The number of fused-ring (bicyclic) bond motifs is 1. The Bertz CT molecular complexity index is 714. The summed E-state index contributed by atoms with van der Waals surface area (Å²) in [4.78, 5) is 14.9. The number of aromatic nitrogens is 1. The van der Waals surface area contributed by atoms with Crippen LogP contribution in [0.3, 0.4) is 0 Å². The maximum absolute atomic E-state index is 11.9. The molecule has 100 valence electrons. The Morgan fingerprint density at radius 1 is 1.05 bits per heavy atom. The number of carbonyl (C=O) groups is 1. The van der Waals surface area contributed by atoms with Crippen molar-refractivity contribution < 1.29 is 4.79 Å². The van der Waals surface area contributed by atoms with Crippen LogP contribution in [0.4, 0.5) is 10.5 Å². The van der Waals surface area contributed by atoms with Gasteiger partial charge in [0.25, 0.3) is 0 Å². The van der Waals surface area contributed by atoms with Gasteiger partial charge in [0.1, 0.15) is 0 Å². The first-order valence-corrected chi connectivity index (χ1v) is 6.47. The molecule has 1 heterocycles. The summed E-state index contributed by atoms with van der Waals surface area (Å²) in [6, 6.07) is 15.6. The Balaban J connectivity index is 1.71. The number of amides is 2. The number of aromatic amines is 1.